The number of ether oxygens (including phenoxy) is 2. The number of nitrogens with one attached hydrogen (secondary N) is 1. The average molecular weight is 301 g/mol. The number of rotatable bonds is 6. The fourth-order valence-corrected chi connectivity index (χ4v) is 2.67. The number of aromatic nitrogens is 2. The van der Waals surface area contributed by atoms with Crippen LogP contribution in [0.5, 0.6) is 5.75 Å². The van der Waals surface area contributed by atoms with Crippen molar-refractivity contribution in [3.63, 3.8) is 0 Å². The van der Waals surface area contributed by atoms with Crippen LogP contribution in [0.4, 0.5) is 0 Å². The summed E-state index contributed by atoms with van der Waals surface area (Å²) in [6, 6.07) is 8.73. The average Bonchev–Trinajstić information content (AvgIpc) is 3.15. The molecule has 1 fully saturated rings. The Bertz CT molecular complexity index is 611. The molecule has 0 aliphatic carbocycles. The zero-order valence-electron chi connectivity index (χ0n) is 13.2. The highest BCUT2D eigenvalue weighted by atomic mass is 16.5. The van der Waals surface area contributed by atoms with Gasteiger partial charge in [0.05, 0.1) is 31.6 Å². The minimum atomic E-state index is 0.0271. The monoisotopic (exact) mass is 301 g/mol. The summed E-state index contributed by atoms with van der Waals surface area (Å²) in [5.41, 5.74) is 2.56. The molecule has 0 bridgehead atoms. The molecule has 5 nitrogen and oxygen atoms in total. The smallest absolute Gasteiger partial charge is 0.157 e. The Kier molecular flexibility index (Phi) is 4.75. The first-order valence-corrected chi connectivity index (χ1v) is 7.80. The van der Waals surface area contributed by atoms with E-state index in [1.54, 1.807) is 6.20 Å². The minimum Gasteiger partial charge on any atom is -0.483 e. The van der Waals surface area contributed by atoms with Crippen LogP contribution in [0.15, 0.2) is 36.7 Å². The molecule has 1 aliphatic rings. The third kappa shape index (κ3) is 3.67. The molecular weight excluding hydrogens is 278 g/mol. The van der Waals surface area contributed by atoms with Crippen LogP contribution in [0.3, 0.4) is 0 Å². The van der Waals surface area contributed by atoms with E-state index in [-0.39, 0.29) is 12.1 Å². The quantitative estimate of drug-likeness (QED) is 0.888. The Morgan fingerprint density at radius 1 is 1.41 bits per heavy atom. The normalized spacial score (nSPS) is 21.2. The molecule has 1 aromatic carbocycles. The van der Waals surface area contributed by atoms with Gasteiger partial charge in [-0.2, -0.15) is 5.10 Å². The molecule has 0 saturated carbocycles. The van der Waals surface area contributed by atoms with E-state index < -0.39 is 0 Å². The molecule has 0 radical (unpaired) electrons. The molecule has 1 saturated heterocycles. The Morgan fingerprint density at radius 3 is 3.09 bits per heavy atom. The van der Waals surface area contributed by atoms with Crippen LogP contribution in [0.2, 0.25) is 0 Å². The second-order valence-corrected chi connectivity index (χ2v) is 5.70. The van der Waals surface area contributed by atoms with Crippen molar-refractivity contribution >= 4 is 0 Å². The van der Waals surface area contributed by atoms with Gasteiger partial charge in [0.25, 0.3) is 0 Å². The molecule has 1 aromatic heterocycles. The third-order valence-electron chi connectivity index (χ3n) is 3.90. The van der Waals surface area contributed by atoms with Gasteiger partial charge in [0.1, 0.15) is 6.10 Å². The van der Waals surface area contributed by atoms with Gasteiger partial charge in [0, 0.05) is 13.1 Å². The van der Waals surface area contributed by atoms with E-state index in [2.05, 4.69) is 48.5 Å². The Labute approximate surface area is 131 Å². The van der Waals surface area contributed by atoms with E-state index in [9.17, 15) is 0 Å². The molecule has 0 amide bonds. The standard InChI is InChI=1S/C17H23N3O2/c1-3-20-10-15(9-19-20)22-17-12-21-11-16(17)18-8-14-6-4-5-13(2)7-14/h4-7,9-10,16-18H,3,8,11-12H2,1-2H3/t16-,17+/m0/s1. The molecule has 3 rings (SSSR count). The SMILES string of the molecule is CCn1cc(O[C@@H]2COC[C@@H]2NCc2cccc(C)c2)cn1. The highest BCUT2D eigenvalue weighted by Gasteiger charge is 2.30. The molecule has 0 spiro atoms. The van der Waals surface area contributed by atoms with E-state index in [1.165, 1.54) is 11.1 Å². The van der Waals surface area contributed by atoms with Crippen molar-refractivity contribution in [1.29, 1.82) is 0 Å². The van der Waals surface area contributed by atoms with E-state index in [0.29, 0.717) is 13.2 Å². The van der Waals surface area contributed by atoms with Crippen LogP contribution in [0, 0.1) is 6.92 Å². The first-order chi connectivity index (χ1) is 10.7. The largest absolute Gasteiger partial charge is 0.483 e. The molecule has 5 heteroatoms. The fraction of sp³-hybridized carbons (Fsp3) is 0.471. The van der Waals surface area contributed by atoms with Crippen molar-refractivity contribution in [2.24, 2.45) is 0 Å². The maximum absolute atomic E-state index is 6.01. The lowest BCUT2D eigenvalue weighted by Gasteiger charge is -2.19. The lowest BCUT2D eigenvalue weighted by Crippen LogP contribution is -2.41. The number of nitrogens with zero attached hydrogens (tertiary/aromatic N) is 2. The predicted molar refractivity (Wildman–Crippen MR) is 84.9 cm³/mol. The summed E-state index contributed by atoms with van der Waals surface area (Å²) in [6.07, 6.45) is 3.72. The van der Waals surface area contributed by atoms with Gasteiger partial charge >= 0.3 is 0 Å². The molecule has 1 N–H and O–H groups in total. The number of hydrogen-bond acceptors (Lipinski definition) is 4. The molecule has 118 valence electrons. The minimum absolute atomic E-state index is 0.0271. The lowest BCUT2D eigenvalue weighted by molar-refractivity contribution is 0.139. The number of aryl methyl sites for hydroxylation is 2. The second-order valence-electron chi connectivity index (χ2n) is 5.70. The van der Waals surface area contributed by atoms with E-state index in [1.807, 2.05) is 10.9 Å². The molecule has 2 heterocycles. The van der Waals surface area contributed by atoms with Gasteiger partial charge in [0.15, 0.2) is 5.75 Å². The van der Waals surface area contributed by atoms with Crippen LogP contribution in [0.25, 0.3) is 0 Å². The highest BCUT2D eigenvalue weighted by Crippen LogP contribution is 2.17. The summed E-state index contributed by atoms with van der Waals surface area (Å²) in [4.78, 5) is 0. The zero-order chi connectivity index (χ0) is 15.4. The van der Waals surface area contributed by atoms with Crippen LogP contribution < -0.4 is 10.1 Å². The first kappa shape index (κ1) is 15.1. The van der Waals surface area contributed by atoms with Gasteiger partial charge in [-0.1, -0.05) is 29.8 Å². The summed E-state index contributed by atoms with van der Waals surface area (Å²) in [6.45, 7) is 7.13. The van der Waals surface area contributed by atoms with Gasteiger partial charge in [-0.15, -0.1) is 0 Å². The highest BCUT2D eigenvalue weighted by molar-refractivity contribution is 5.22. The van der Waals surface area contributed by atoms with Crippen LogP contribution in [-0.2, 0) is 17.8 Å². The second kappa shape index (κ2) is 6.94. The summed E-state index contributed by atoms with van der Waals surface area (Å²) in [5.74, 6) is 0.805. The van der Waals surface area contributed by atoms with E-state index in [4.69, 9.17) is 9.47 Å². The first-order valence-electron chi connectivity index (χ1n) is 7.80. The van der Waals surface area contributed by atoms with Gasteiger partial charge < -0.3 is 14.8 Å². The molecule has 0 unspecified atom stereocenters. The maximum atomic E-state index is 6.01. The van der Waals surface area contributed by atoms with Crippen molar-refractivity contribution in [2.75, 3.05) is 13.2 Å². The van der Waals surface area contributed by atoms with Crippen molar-refractivity contribution < 1.29 is 9.47 Å². The maximum Gasteiger partial charge on any atom is 0.157 e. The van der Waals surface area contributed by atoms with Crippen molar-refractivity contribution in [1.82, 2.24) is 15.1 Å². The lowest BCUT2D eigenvalue weighted by atomic mass is 10.1. The van der Waals surface area contributed by atoms with Crippen LogP contribution in [0.1, 0.15) is 18.1 Å². The summed E-state index contributed by atoms with van der Waals surface area (Å²) in [5, 5.41) is 7.77. The van der Waals surface area contributed by atoms with Gasteiger partial charge in [-0.05, 0) is 19.4 Å². The zero-order valence-corrected chi connectivity index (χ0v) is 13.2. The van der Waals surface area contributed by atoms with Crippen LogP contribution in [-0.4, -0.2) is 35.1 Å². The molecule has 2 atom stereocenters. The molecule has 2 aromatic rings. The predicted octanol–water partition coefficient (Wildman–Crippen LogP) is 2.15. The number of benzene rings is 1. The Balaban J connectivity index is 1.56. The molecular formula is C17H23N3O2. The summed E-state index contributed by atoms with van der Waals surface area (Å²) >= 11 is 0. The van der Waals surface area contributed by atoms with Crippen molar-refractivity contribution in [3.8, 4) is 5.75 Å². The third-order valence-corrected chi connectivity index (χ3v) is 3.90. The van der Waals surface area contributed by atoms with Gasteiger partial charge in [-0.3, -0.25) is 4.68 Å². The van der Waals surface area contributed by atoms with E-state index >= 15 is 0 Å². The Hall–Kier alpha value is -1.85. The van der Waals surface area contributed by atoms with Crippen LogP contribution >= 0.6 is 0 Å². The molecule has 1 aliphatic heterocycles. The summed E-state index contributed by atoms with van der Waals surface area (Å²) < 4.78 is 13.4. The van der Waals surface area contributed by atoms with Gasteiger partial charge in [0.2, 0.25) is 0 Å². The summed E-state index contributed by atoms with van der Waals surface area (Å²) in [7, 11) is 0. The van der Waals surface area contributed by atoms with Crippen molar-refractivity contribution in [2.45, 2.75) is 39.1 Å². The Morgan fingerprint density at radius 2 is 2.32 bits per heavy atom. The van der Waals surface area contributed by atoms with E-state index in [0.717, 1.165) is 18.8 Å². The molecule has 22 heavy (non-hydrogen) atoms. The fourth-order valence-electron chi connectivity index (χ4n) is 2.67. The van der Waals surface area contributed by atoms with Gasteiger partial charge in [-0.25, -0.2) is 0 Å². The number of hydrogen-bond donors (Lipinski definition) is 1. The topological polar surface area (TPSA) is 48.3 Å². The van der Waals surface area contributed by atoms with Crippen molar-refractivity contribution in [3.05, 3.63) is 47.8 Å².